The van der Waals surface area contributed by atoms with E-state index in [1.54, 1.807) is 67.6 Å². The van der Waals surface area contributed by atoms with E-state index in [2.05, 4.69) is 5.32 Å². The Kier molecular flexibility index (Phi) is 12.4. The number of nitrogens with one attached hydrogen (secondary N) is 1. The lowest BCUT2D eigenvalue weighted by Gasteiger charge is -2.12. The highest BCUT2D eigenvalue weighted by Crippen LogP contribution is 2.27. The summed E-state index contributed by atoms with van der Waals surface area (Å²) in [6.45, 7) is 3.14. The first-order valence-corrected chi connectivity index (χ1v) is 15.2. The van der Waals surface area contributed by atoms with Gasteiger partial charge in [0.1, 0.15) is 11.5 Å². The summed E-state index contributed by atoms with van der Waals surface area (Å²) in [4.78, 5) is 12.3. The molecule has 42 heavy (non-hydrogen) atoms. The molecule has 0 aliphatic carbocycles. The summed E-state index contributed by atoms with van der Waals surface area (Å²) in [5, 5.41) is 14.1. The van der Waals surface area contributed by atoms with Gasteiger partial charge in [0.15, 0.2) is 0 Å². The van der Waals surface area contributed by atoms with E-state index in [1.165, 1.54) is 12.1 Å². The fraction of sp³-hybridized carbons (Fsp3) is 0.219. The maximum Gasteiger partial charge on any atom is 0.338 e. The van der Waals surface area contributed by atoms with Crippen molar-refractivity contribution in [3.8, 4) is 11.5 Å². The minimum absolute atomic E-state index is 0. The SMILES string of the molecule is CCOC(=O)c1cccc(Oc2ccc(S(=O)(=O)c3ccc(CCCNC[C@@H](O)c4cccc(Cl)c4)cc3)cc2)c1.Cl. The van der Waals surface area contributed by atoms with Crippen LogP contribution in [0.1, 0.15) is 40.9 Å². The molecule has 0 amide bonds. The molecule has 0 aliphatic heterocycles. The molecule has 0 spiro atoms. The maximum atomic E-state index is 13.2. The van der Waals surface area contributed by atoms with Crippen molar-refractivity contribution in [2.75, 3.05) is 19.7 Å². The van der Waals surface area contributed by atoms with Crippen molar-refractivity contribution in [1.29, 1.82) is 0 Å². The molecule has 1 atom stereocenters. The fourth-order valence-electron chi connectivity index (χ4n) is 4.18. The van der Waals surface area contributed by atoms with Gasteiger partial charge in [-0.05, 0) is 104 Å². The first-order chi connectivity index (χ1) is 19.8. The number of hydrogen-bond acceptors (Lipinski definition) is 7. The second-order valence-corrected chi connectivity index (χ2v) is 11.7. The fourth-order valence-corrected chi connectivity index (χ4v) is 5.64. The zero-order chi connectivity index (χ0) is 29.2. The highest BCUT2D eigenvalue weighted by atomic mass is 35.5. The molecule has 0 saturated heterocycles. The van der Waals surface area contributed by atoms with Gasteiger partial charge in [0.25, 0.3) is 0 Å². The summed E-state index contributed by atoms with van der Waals surface area (Å²) in [6, 6.07) is 26.8. The summed E-state index contributed by atoms with van der Waals surface area (Å²) in [6.07, 6.45) is 0.962. The minimum atomic E-state index is -3.70. The molecule has 10 heteroatoms. The van der Waals surface area contributed by atoms with Crippen molar-refractivity contribution in [2.45, 2.75) is 35.7 Å². The number of esters is 1. The smallest absolute Gasteiger partial charge is 0.338 e. The first-order valence-electron chi connectivity index (χ1n) is 13.3. The number of rotatable bonds is 13. The van der Waals surface area contributed by atoms with Crippen LogP contribution in [0.25, 0.3) is 0 Å². The van der Waals surface area contributed by atoms with Crippen molar-refractivity contribution in [3.05, 3.63) is 119 Å². The van der Waals surface area contributed by atoms with E-state index in [0.29, 0.717) is 35.2 Å². The van der Waals surface area contributed by atoms with E-state index in [1.807, 2.05) is 24.3 Å². The van der Waals surface area contributed by atoms with Crippen LogP contribution in [-0.2, 0) is 21.0 Å². The maximum absolute atomic E-state index is 13.2. The number of aryl methyl sites for hydroxylation is 1. The van der Waals surface area contributed by atoms with E-state index in [-0.39, 0.29) is 28.8 Å². The van der Waals surface area contributed by atoms with Crippen LogP contribution in [0.3, 0.4) is 0 Å². The number of aliphatic hydroxyl groups excluding tert-OH is 1. The standard InChI is InChI=1S/C32H32ClNO6S.ClH/c1-2-39-32(36)25-8-4-10-28(21-25)40-27-13-17-30(18-14-27)41(37,38)29-15-11-23(12-16-29)6-5-19-34-22-31(35)24-7-3-9-26(33)20-24;/h3-4,7-18,20-21,31,34-35H,2,5-6,19,22H2,1H3;1H/t31-;/m1./s1. The van der Waals surface area contributed by atoms with Gasteiger partial charge < -0.3 is 19.9 Å². The van der Waals surface area contributed by atoms with Gasteiger partial charge >= 0.3 is 5.97 Å². The lowest BCUT2D eigenvalue weighted by Crippen LogP contribution is -2.22. The van der Waals surface area contributed by atoms with Crippen LogP contribution in [0.15, 0.2) is 107 Å². The molecule has 0 bridgehead atoms. The van der Waals surface area contributed by atoms with Crippen LogP contribution in [0.2, 0.25) is 5.02 Å². The number of aliphatic hydroxyl groups is 1. The Morgan fingerprint density at radius 2 is 1.57 bits per heavy atom. The van der Waals surface area contributed by atoms with Gasteiger partial charge in [0.2, 0.25) is 9.84 Å². The van der Waals surface area contributed by atoms with Gasteiger partial charge in [-0.1, -0.05) is 41.9 Å². The number of carbonyl (C=O) groups is 1. The number of halogens is 2. The molecule has 4 rings (SSSR count). The van der Waals surface area contributed by atoms with Crippen molar-refractivity contribution in [2.24, 2.45) is 0 Å². The van der Waals surface area contributed by atoms with Crippen LogP contribution in [0.5, 0.6) is 11.5 Å². The van der Waals surface area contributed by atoms with Gasteiger partial charge in [-0.25, -0.2) is 13.2 Å². The molecular weight excluding hydrogens is 597 g/mol. The van der Waals surface area contributed by atoms with Gasteiger partial charge in [-0.3, -0.25) is 0 Å². The van der Waals surface area contributed by atoms with Crippen LogP contribution >= 0.6 is 24.0 Å². The van der Waals surface area contributed by atoms with E-state index < -0.39 is 21.9 Å². The average molecular weight is 631 g/mol. The monoisotopic (exact) mass is 629 g/mol. The van der Waals surface area contributed by atoms with Crippen LogP contribution in [-0.4, -0.2) is 39.2 Å². The zero-order valence-corrected chi connectivity index (χ0v) is 25.4. The van der Waals surface area contributed by atoms with Gasteiger partial charge in [0.05, 0.1) is 28.1 Å². The Labute approximate surface area is 257 Å². The van der Waals surface area contributed by atoms with Crippen molar-refractivity contribution >= 4 is 39.8 Å². The summed E-state index contributed by atoms with van der Waals surface area (Å²) >= 11 is 5.98. The molecule has 0 heterocycles. The largest absolute Gasteiger partial charge is 0.462 e. The number of sulfone groups is 1. The van der Waals surface area contributed by atoms with Crippen LogP contribution in [0.4, 0.5) is 0 Å². The van der Waals surface area contributed by atoms with Crippen molar-refractivity contribution in [1.82, 2.24) is 5.32 Å². The van der Waals surface area contributed by atoms with E-state index in [4.69, 9.17) is 21.1 Å². The molecular formula is C32H33Cl2NO6S. The molecule has 4 aromatic rings. The first kappa shape index (κ1) is 33.1. The van der Waals surface area contributed by atoms with E-state index >= 15 is 0 Å². The molecule has 0 saturated carbocycles. The highest BCUT2D eigenvalue weighted by molar-refractivity contribution is 7.91. The van der Waals surface area contributed by atoms with Crippen molar-refractivity contribution in [3.63, 3.8) is 0 Å². The predicted octanol–water partition coefficient (Wildman–Crippen LogP) is 6.82. The second-order valence-electron chi connectivity index (χ2n) is 9.35. The molecule has 0 aliphatic rings. The Balaban J connectivity index is 0.00000484. The summed E-state index contributed by atoms with van der Waals surface area (Å²) in [7, 11) is -3.70. The molecule has 222 valence electrons. The third-order valence-electron chi connectivity index (χ3n) is 6.34. The lowest BCUT2D eigenvalue weighted by molar-refractivity contribution is 0.0526. The van der Waals surface area contributed by atoms with Gasteiger partial charge in [-0.2, -0.15) is 0 Å². The Morgan fingerprint density at radius 1 is 0.905 bits per heavy atom. The van der Waals surface area contributed by atoms with Crippen molar-refractivity contribution < 1.29 is 27.8 Å². The molecule has 0 radical (unpaired) electrons. The van der Waals surface area contributed by atoms with E-state index in [0.717, 1.165) is 24.0 Å². The minimum Gasteiger partial charge on any atom is -0.462 e. The Bertz CT molecular complexity index is 1560. The van der Waals surface area contributed by atoms with Gasteiger partial charge in [-0.15, -0.1) is 12.4 Å². The second kappa shape index (κ2) is 15.7. The molecule has 0 unspecified atom stereocenters. The molecule has 4 aromatic carbocycles. The van der Waals surface area contributed by atoms with Crippen LogP contribution < -0.4 is 10.1 Å². The van der Waals surface area contributed by atoms with E-state index in [9.17, 15) is 18.3 Å². The lowest BCUT2D eigenvalue weighted by atomic mass is 10.1. The average Bonchev–Trinajstić information content (AvgIpc) is 2.98. The zero-order valence-electron chi connectivity index (χ0n) is 23.0. The number of ether oxygens (including phenoxy) is 2. The summed E-state index contributed by atoms with van der Waals surface area (Å²) < 4.78 is 37.1. The molecule has 0 aromatic heterocycles. The summed E-state index contributed by atoms with van der Waals surface area (Å²) in [5.74, 6) is 0.440. The van der Waals surface area contributed by atoms with Crippen LogP contribution in [0, 0.1) is 0 Å². The Hall–Kier alpha value is -3.40. The number of benzene rings is 4. The molecule has 0 fully saturated rings. The number of hydrogen-bond donors (Lipinski definition) is 2. The quantitative estimate of drug-likeness (QED) is 0.124. The molecule has 2 N–H and O–H groups in total. The topological polar surface area (TPSA) is 102 Å². The molecule has 7 nitrogen and oxygen atoms in total. The Morgan fingerprint density at radius 3 is 2.24 bits per heavy atom. The highest BCUT2D eigenvalue weighted by Gasteiger charge is 2.18. The predicted molar refractivity (Wildman–Crippen MR) is 166 cm³/mol. The third-order valence-corrected chi connectivity index (χ3v) is 8.36. The number of carbonyl (C=O) groups excluding carboxylic acids is 1. The van der Waals surface area contributed by atoms with Gasteiger partial charge in [0, 0.05) is 11.6 Å². The summed E-state index contributed by atoms with van der Waals surface area (Å²) in [5.41, 5.74) is 2.16. The normalized spacial score (nSPS) is 11.8. The third kappa shape index (κ3) is 9.05.